The molecule has 0 aromatic rings. The molecule has 4 aliphatic rings. The monoisotopic (exact) mass is 236 g/mol. The highest BCUT2D eigenvalue weighted by molar-refractivity contribution is 4.98. The molecule has 0 bridgehead atoms. The molecule has 2 saturated carbocycles. The van der Waals surface area contributed by atoms with Crippen molar-refractivity contribution in [3.8, 4) is 0 Å². The average Bonchev–Trinajstić information content (AvgIpc) is 2.84. The van der Waals surface area contributed by atoms with E-state index in [1.807, 2.05) is 0 Å². The third-order valence-electron chi connectivity index (χ3n) is 6.18. The highest BCUT2D eigenvalue weighted by atomic mass is 16.6. The zero-order valence-electron chi connectivity index (χ0n) is 11.0. The molecule has 2 heterocycles. The lowest BCUT2D eigenvalue weighted by Crippen LogP contribution is -2.63. The van der Waals surface area contributed by atoms with Crippen molar-refractivity contribution in [3.63, 3.8) is 0 Å². The van der Waals surface area contributed by atoms with Crippen LogP contribution in [0.1, 0.15) is 64.2 Å². The van der Waals surface area contributed by atoms with E-state index in [2.05, 4.69) is 0 Å². The Hall–Kier alpha value is -0.0800. The summed E-state index contributed by atoms with van der Waals surface area (Å²) in [6.07, 6.45) is 14.0. The summed E-state index contributed by atoms with van der Waals surface area (Å²) in [7, 11) is 0. The van der Waals surface area contributed by atoms with E-state index in [4.69, 9.17) is 4.74 Å². The Balaban J connectivity index is 1.66. The van der Waals surface area contributed by atoms with Crippen molar-refractivity contribution in [1.29, 1.82) is 0 Å². The molecule has 2 nitrogen and oxygen atoms in total. The highest BCUT2D eigenvalue weighted by Gasteiger charge is 2.68. The minimum absolute atomic E-state index is 0.299. The maximum absolute atomic E-state index is 6.82. The first-order valence-corrected chi connectivity index (χ1v) is 7.85. The SMILES string of the molecule is C1CCC2(CC1)C[N+]1(CCCC1)C1(CCC1)O2. The van der Waals surface area contributed by atoms with Crippen LogP contribution in [0.25, 0.3) is 0 Å². The van der Waals surface area contributed by atoms with Gasteiger partial charge in [0.15, 0.2) is 0 Å². The summed E-state index contributed by atoms with van der Waals surface area (Å²) < 4.78 is 8.19. The summed E-state index contributed by atoms with van der Waals surface area (Å²) in [5.41, 5.74) is 0.608. The summed E-state index contributed by atoms with van der Waals surface area (Å²) >= 11 is 0. The quantitative estimate of drug-likeness (QED) is 0.587. The van der Waals surface area contributed by atoms with Crippen molar-refractivity contribution in [2.75, 3.05) is 19.6 Å². The van der Waals surface area contributed by atoms with Gasteiger partial charge in [0, 0.05) is 25.7 Å². The van der Waals surface area contributed by atoms with Crippen molar-refractivity contribution >= 4 is 0 Å². The molecule has 17 heavy (non-hydrogen) atoms. The second-order valence-electron chi connectivity index (χ2n) is 7.10. The molecule has 0 N–H and O–H groups in total. The van der Waals surface area contributed by atoms with E-state index >= 15 is 0 Å². The summed E-state index contributed by atoms with van der Waals surface area (Å²) in [6, 6.07) is 0. The van der Waals surface area contributed by atoms with Crippen LogP contribution in [0.5, 0.6) is 0 Å². The molecule has 0 aromatic carbocycles. The summed E-state index contributed by atoms with van der Waals surface area (Å²) in [5, 5.41) is 0. The Bertz CT molecular complexity index is 309. The van der Waals surface area contributed by atoms with Gasteiger partial charge in [0.05, 0.1) is 13.1 Å². The van der Waals surface area contributed by atoms with Gasteiger partial charge in [-0.05, 0) is 19.3 Å². The van der Waals surface area contributed by atoms with E-state index in [1.165, 1.54) is 88.3 Å². The molecule has 3 spiro atoms. The molecule has 0 atom stereocenters. The first-order valence-electron chi connectivity index (χ1n) is 7.85. The Morgan fingerprint density at radius 3 is 2.00 bits per heavy atom. The van der Waals surface area contributed by atoms with Crippen LogP contribution in [0.4, 0.5) is 0 Å². The Labute approximate surface area is 105 Å². The molecule has 0 unspecified atom stereocenters. The summed E-state index contributed by atoms with van der Waals surface area (Å²) in [5.74, 6) is 0. The van der Waals surface area contributed by atoms with E-state index in [0.29, 0.717) is 11.3 Å². The van der Waals surface area contributed by atoms with Crippen molar-refractivity contribution in [3.05, 3.63) is 0 Å². The number of ether oxygens (including phenoxy) is 1. The second-order valence-corrected chi connectivity index (χ2v) is 7.10. The largest absolute Gasteiger partial charge is 0.314 e. The number of fused-ring (bicyclic) bond motifs is 1. The van der Waals surface area contributed by atoms with Crippen LogP contribution >= 0.6 is 0 Å². The molecule has 0 radical (unpaired) electrons. The molecule has 0 amide bonds. The number of nitrogens with zero attached hydrogens (tertiary/aromatic N) is 1. The minimum atomic E-state index is 0.299. The van der Waals surface area contributed by atoms with Crippen LogP contribution in [0.2, 0.25) is 0 Å². The molecule has 2 heteroatoms. The molecule has 96 valence electrons. The normalized spacial score (nSPS) is 36.7. The smallest absolute Gasteiger partial charge is 0.204 e. The predicted molar refractivity (Wildman–Crippen MR) is 67.6 cm³/mol. The van der Waals surface area contributed by atoms with Crippen LogP contribution in [0, 0.1) is 0 Å². The van der Waals surface area contributed by atoms with Crippen molar-refractivity contribution in [2.45, 2.75) is 75.5 Å². The van der Waals surface area contributed by atoms with Crippen LogP contribution < -0.4 is 0 Å². The molecular formula is C15H26NO+. The van der Waals surface area contributed by atoms with Crippen LogP contribution in [-0.4, -0.2) is 35.4 Å². The Morgan fingerprint density at radius 1 is 0.706 bits per heavy atom. The number of rotatable bonds is 0. The first-order chi connectivity index (χ1) is 8.29. The number of hydrogen-bond acceptors (Lipinski definition) is 1. The van der Waals surface area contributed by atoms with Gasteiger partial charge in [-0.15, -0.1) is 0 Å². The molecule has 4 fully saturated rings. The lowest BCUT2D eigenvalue weighted by atomic mass is 9.84. The Morgan fingerprint density at radius 2 is 1.41 bits per heavy atom. The fraction of sp³-hybridized carbons (Fsp3) is 1.00. The van der Waals surface area contributed by atoms with E-state index < -0.39 is 0 Å². The van der Waals surface area contributed by atoms with E-state index in [1.54, 1.807) is 0 Å². The standard InChI is InChI=1S/C15H26NO/c1-2-7-14(8-3-1)13-16(11-4-5-12-16)15(17-14)9-6-10-15/h1-13H2/q+1. The summed E-state index contributed by atoms with van der Waals surface area (Å²) in [4.78, 5) is 0. The molecule has 2 saturated heterocycles. The van der Waals surface area contributed by atoms with Crippen molar-refractivity contribution in [1.82, 2.24) is 0 Å². The van der Waals surface area contributed by atoms with Gasteiger partial charge < -0.3 is 4.74 Å². The lowest BCUT2D eigenvalue weighted by Gasteiger charge is -2.49. The Kier molecular flexibility index (Phi) is 2.21. The summed E-state index contributed by atoms with van der Waals surface area (Å²) in [6.45, 7) is 4.20. The molecular weight excluding hydrogens is 210 g/mol. The van der Waals surface area contributed by atoms with Crippen LogP contribution in [0.3, 0.4) is 0 Å². The van der Waals surface area contributed by atoms with E-state index in [0.717, 1.165) is 0 Å². The third kappa shape index (κ3) is 1.34. The fourth-order valence-electron chi connectivity index (χ4n) is 5.25. The van der Waals surface area contributed by atoms with Crippen molar-refractivity contribution in [2.24, 2.45) is 0 Å². The molecule has 2 aliphatic heterocycles. The van der Waals surface area contributed by atoms with Gasteiger partial charge in [0.1, 0.15) is 12.1 Å². The van der Waals surface area contributed by atoms with Crippen LogP contribution in [0.15, 0.2) is 0 Å². The zero-order chi connectivity index (χ0) is 11.4. The highest BCUT2D eigenvalue weighted by Crippen LogP contribution is 2.56. The minimum Gasteiger partial charge on any atom is -0.314 e. The van der Waals surface area contributed by atoms with Gasteiger partial charge in [-0.3, -0.25) is 4.48 Å². The van der Waals surface area contributed by atoms with Crippen LogP contribution in [-0.2, 0) is 4.74 Å². The van der Waals surface area contributed by atoms with E-state index in [9.17, 15) is 0 Å². The average molecular weight is 236 g/mol. The van der Waals surface area contributed by atoms with Gasteiger partial charge in [0.25, 0.3) is 0 Å². The molecule has 0 aromatic heterocycles. The fourth-order valence-corrected chi connectivity index (χ4v) is 5.25. The van der Waals surface area contributed by atoms with Crippen molar-refractivity contribution < 1.29 is 9.22 Å². The lowest BCUT2D eigenvalue weighted by molar-refractivity contribution is -0.975. The maximum atomic E-state index is 6.82. The van der Waals surface area contributed by atoms with E-state index in [-0.39, 0.29) is 0 Å². The van der Waals surface area contributed by atoms with Gasteiger partial charge in [-0.2, -0.15) is 0 Å². The number of hydrogen-bond donors (Lipinski definition) is 0. The molecule has 4 rings (SSSR count). The van der Waals surface area contributed by atoms with Gasteiger partial charge >= 0.3 is 0 Å². The number of quaternary nitrogens is 1. The first kappa shape index (κ1) is 10.8. The predicted octanol–water partition coefficient (Wildman–Crippen LogP) is 3.21. The zero-order valence-corrected chi connectivity index (χ0v) is 11.0. The maximum Gasteiger partial charge on any atom is 0.204 e. The topological polar surface area (TPSA) is 9.23 Å². The molecule has 2 aliphatic carbocycles. The third-order valence-corrected chi connectivity index (χ3v) is 6.18. The van der Waals surface area contributed by atoms with Gasteiger partial charge in [-0.25, -0.2) is 0 Å². The van der Waals surface area contributed by atoms with Gasteiger partial charge in [0.2, 0.25) is 5.72 Å². The second kappa shape index (κ2) is 3.48. The van der Waals surface area contributed by atoms with Gasteiger partial charge in [-0.1, -0.05) is 19.3 Å².